The van der Waals surface area contributed by atoms with E-state index in [9.17, 15) is 4.79 Å². The third kappa shape index (κ3) is 3.67. The van der Waals surface area contributed by atoms with Gasteiger partial charge in [-0.1, -0.05) is 30.3 Å². The normalized spacial score (nSPS) is 31.0. The van der Waals surface area contributed by atoms with E-state index in [0.29, 0.717) is 0 Å². The van der Waals surface area contributed by atoms with E-state index >= 15 is 0 Å². The van der Waals surface area contributed by atoms with Crippen molar-refractivity contribution in [1.82, 2.24) is 5.32 Å². The largest absolute Gasteiger partial charge is 0.347 e. The zero-order chi connectivity index (χ0) is 18.3. The minimum Gasteiger partial charge on any atom is -0.347 e. The van der Waals surface area contributed by atoms with Crippen LogP contribution in [-0.4, -0.2) is 11.4 Å². The van der Waals surface area contributed by atoms with Gasteiger partial charge in [0.2, 0.25) is 0 Å². The third-order valence-electron chi connectivity index (χ3n) is 6.78. The number of hydrogen-bond donors (Lipinski definition) is 1. The molecule has 1 N–H and O–H groups in total. The second-order valence-electron chi connectivity index (χ2n) is 8.95. The van der Waals surface area contributed by atoms with Crippen LogP contribution < -0.4 is 5.32 Å². The van der Waals surface area contributed by atoms with E-state index in [0.717, 1.165) is 29.1 Å². The van der Waals surface area contributed by atoms with E-state index < -0.39 is 0 Å². The van der Waals surface area contributed by atoms with Gasteiger partial charge in [0, 0.05) is 21.8 Å². The van der Waals surface area contributed by atoms with Gasteiger partial charge in [-0.3, -0.25) is 4.79 Å². The molecule has 0 spiro atoms. The molecule has 0 saturated heterocycles. The summed E-state index contributed by atoms with van der Waals surface area (Å²) in [4.78, 5) is 14.2. The van der Waals surface area contributed by atoms with Gasteiger partial charge in [0.1, 0.15) is 0 Å². The molecular formula is C24H27NOS. The molecule has 0 unspecified atom stereocenters. The number of hydrogen-bond acceptors (Lipinski definition) is 2. The van der Waals surface area contributed by atoms with Crippen molar-refractivity contribution in [3.63, 3.8) is 0 Å². The molecule has 4 aliphatic carbocycles. The van der Waals surface area contributed by atoms with E-state index in [4.69, 9.17) is 0 Å². The fourth-order valence-electron chi connectivity index (χ4n) is 6.01. The molecule has 6 rings (SSSR count). The van der Waals surface area contributed by atoms with Crippen LogP contribution in [0.4, 0.5) is 0 Å². The van der Waals surface area contributed by atoms with Crippen LogP contribution in [-0.2, 0) is 5.75 Å². The molecule has 140 valence electrons. The standard InChI is InChI=1S/C24H27NOS/c26-23(25-24-13-18-10-19(14-24)12-20(11-18)15-24)21-8-6-17(7-9-21)16-27-22-4-2-1-3-5-22/h1-9,18-20H,10-16H2,(H,25,26). The molecule has 0 aliphatic heterocycles. The average Bonchev–Trinajstić information content (AvgIpc) is 2.66. The minimum atomic E-state index is 0.0909. The summed E-state index contributed by atoms with van der Waals surface area (Å²) in [5.41, 5.74) is 2.16. The summed E-state index contributed by atoms with van der Waals surface area (Å²) in [6.45, 7) is 0. The lowest BCUT2D eigenvalue weighted by atomic mass is 9.53. The van der Waals surface area contributed by atoms with E-state index in [1.807, 2.05) is 30.0 Å². The highest BCUT2D eigenvalue weighted by atomic mass is 32.2. The Bertz CT molecular complexity index is 779. The van der Waals surface area contributed by atoms with Crippen LogP contribution in [0.3, 0.4) is 0 Å². The number of carbonyl (C=O) groups is 1. The maximum Gasteiger partial charge on any atom is 0.251 e. The van der Waals surface area contributed by atoms with Crippen LogP contribution in [0.1, 0.15) is 54.4 Å². The van der Waals surface area contributed by atoms with Crippen LogP contribution in [0, 0.1) is 17.8 Å². The highest BCUT2D eigenvalue weighted by Gasteiger charge is 2.51. The SMILES string of the molecule is O=C(NC12CC3CC(CC(C3)C1)C2)c1ccc(CSc2ccccc2)cc1. The maximum atomic E-state index is 12.9. The molecule has 2 aromatic rings. The molecule has 0 radical (unpaired) electrons. The fourth-order valence-corrected chi connectivity index (χ4v) is 6.89. The fraction of sp³-hybridized carbons (Fsp3) is 0.458. The van der Waals surface area contributed by atoms with Crippen molar-refractivity contribution in [3.05, 3.63) is 65.7 Å². The van der Waals surface area contributed by atoms with Crippen LogP contribution in [0.25, 0.3) is 0 Å². The molecule has 0 atom stereocenters. The lowest BCUT2D eigenvalue weighted by Gasteiger charge is -2.56. The molecule has 4 fully saturated rings. The predicted molar refractivity (Wildman–Crippen MR) is 111 cm³/mol. The first kappa shape index (κ1) is 17.4. The topological polar surface area (TPSA) is 29.1 Å². The summed E-state index contributed by atoms with van der Waals surface area (Å²) in [6.07, 6.45) is 7.83. The highest BCUT2D eigenvalue weighted by molar-refractivity contribution is 7.98. The molecule has 3 heteroatoms. The Kier molecular flexibility index (Phi) is 4.51. The van der Waals surface area contributed by atoms with Gasteiger partial charge in [0.15, 0.2) is 0 Å². The van der Waals surface area contributed by atoms with Crippen molar-refractivity contribution in [3.8, 4) is 0 Å². The number of amides is 1. The second-order valence-corrected chi connectivity index (χ2v) is 10.00. The van der Waals surface area contributed by atoms with Gasteiger partial charge in [-0.2, -0.15) is 0 Å². The Morgan fingerprint density at radius 3 is 2.07 bits per heavy atom. The van der Waals surface area contributed by atoms with Crippen molar-refractivity contribution in [1.29, 1.82) is 0 Å². The summed E-state index contributed by atoms with van der Waals surface area (Å²) in [5.74, 6) is 3.62. The highest BCUT2D eigenvalue weighted by Crippen LogP contribution is 2.55. The smallest absolute Gasteiger partial charge is 0.251 e. The van der Waals surface area contributed by atoms with Crippen molar-refractivity contribution >= 4 is 17.7 Å². The molecule has 4 aliphatic rings. The monoisotopic (exact) mass is 377 g/mol. The van der Waals surface area contributed by atoms with Gasteiger partial charge in [0.05, 0.1) is 0 Å². The van der Waals surface area contributed by atoms with Gasteiger partial charge in [-0.25, -0.2) is 0 Å². The average molecular weight is 378 g/mol. The second kappa shape index (κ2) is 7.01. The Morgan fingerprint density at radius 2 is 1.48 bits per heavy atom. The summed E-state index contributed by atoms with van der Waals surface area (Å²) in [7, 11) is 0. The predicted octanol–water partition coefficient (Wildman–Crippen LogP) is 5.68. The number of benzene rings is 2. The summed E-state index contributed by atoms with van der Waals surface area (Å²) in [5, 5.41) is 3.47. The Labute approximate surface area is 166 Å². The Morgan fingerprint density at radius 1 is 0.889 bits per heavy atom. The lowest BCUT2D eigenvalue weighted by molar-refractivity contribution is -0.0167. The first-order chi connectivity index (χ1) is 13.2. The molecule has 2 nitrogen and oxygen atoms in total. The Hall–Kier alpha value is -1.74. The van der Waals surface area contributed by atoms with Crippen molar-refractivity contribution < 1.29 is 4.79 Å². The molecule has 0 heterocycles. The Balaban J connectivity index is 1.22. The molecule has 4 bridgehead atoms. The van der Waals surface area contributed by atoms with Crippen LogP contribution in [0.15, 0.2) is 59.5 Å². The van der Waals surface area contributed by atoms with Gasteiger partial charge in [-0.15, -0.1) is 11.8 Å². The minimum absolute atomic E-state index is 0.0909. The number of nitrogens with one attached hydrogen (secondary N) is 1. The van der Waals surface area contributed by atoms with E-state index in [1.54, 1.807) is 0 Å². The van der Waals surface area contributed by atoms with Crippen molar-refractivity contribution in [2.24, 2.45) is 17.8 Å². The third-order valence-corrected chi connectivity index (χ3v) is 7.86. The van der Waals surface area contributed by atoms with Crippen molar-refractivity contribution in [2.45, 2.75) is 54.7 Å². The molecule has 0 aromatic heterocycles. The molecular weight excluding hydrogens is 350 g/mol. The number of thioether (sulfide) groups is 1. The first-order valence-electron chi connectivity index (χ1n) is 10.3. The maximum absolute atomic E-state index is 12.9. The van der Waals surface area contributed by atoms with Gasteiger partial charge >= 0.3 is 0 Å². The van der Waals surface area contributed by atoms with E-state index in [2.05, 4.69) is 41.7 Å². The number of rotatable bonds is 5. The van der Waals surface area contributed by atoms with Crippen LogP contribution >= 0.6 is 11.8 Å². The first-order valence-corrected chi connectivity index (χ1v) is 11.3. The summed E-state index contributed by atoms with van der Waals surface area (Å²) >= 11 is 1.83. The number of carbonyl (C=O) groups excluding carboxylic acids is 1. The van der Waals surface area contributed by atoms with E-state index in [1.165, 1.54) is 49.0 Å². The molecule has 4 saturated carbocycles. The van der Waals surface area contributed by atoms with Gasteiger partial charge in [0.25, 0.3) is 5.91 Å². The van der Waals surface area contributed by atoms with E-state index in [-0.39, 0.29) is 11.4 Å². The quantitative estimate of drug-likeness (QED) is 0.680. The van der Waals surface area contributed by atoms with Gasteiger partial charge in [-0.05, 0) is 86.1 Å². The van der Waals surface area contributed by atoms with Crippen LogP contribution in [0.2, 0.25) is 0 Å². The van der Waals surface area contributed by atoms with Gasteiger partial charge < -0.3 is 5.32 Å². The molecule has 2 aromatic carbocycles. The molecule has 1 amide bonds. The zero-order valence-corrected chi connectivity index (χ0v) is 16.5. The summed E-state index contributed by atoms with van der Waals surface area (Å²) in [6, 6.07) is 18.7. The zero-order valence-electron chi connectivity index (χ0n) is 15.7. The van der Waals surface area contributed by atoms with Crippen molar-refractivity contribution in [2.75, 3.05) is 0 Å². The molecule has 27 heavy (non-hydrogen) atoms. The summed E-state index contributed by atoms with van der Waals surface area (Å²) < 4.78 is 0. The van der Waals surface area contributed by atoms with Crippen LogP contribution in [0.5, 0.6) is 0 Å². The lowest BCUT2D eigenvalue weighted by Crippen LogP contribution is -2.59.